The second-order valence-corrected chi connectivity index (χ2v) is 6.67. The van der Waals surface area contributed by atoms with Crippen molar-refractivity contribution in [3.8, 4) is 0 Å². The normalized spacial score (nSPS) is 8.64. The average molecular weight is 402 g/mol. The number of rotatable bonds is 4. The Kier molecular flexibility index (Phi) is 25.8. The maximum absolute atomic E-state index is 9.25. The monoisotopic (exact) mass is 402 g/mol. The molecule has 8 heteroatoms. The SMILES string of the molecule is C=CC(=O)O.C=CC(=O)O.C=CC(=O)O.C=CC(=O)O.CC(C)(C)C(C)(C)C. The maximum Gasteiger partial charge on any atom is 0.327 e. The predicted octanol–water partition coefficient (Wildman–Crippen LogP) is 4.11. The fourth-order valence-corrected chi connectivity index (χ4v) is 0. The van der Waals surface area contributed by atoms with Crippen LogP contribution in [0.3, 0.4) is 0 Å². The highest BCUT2D eigenvalue weighted by molar-refractivity contribution is 5.79. The van der Waals surface area contributed by atoms with Gasteiger partial charge in [0.2, 0.25) is 0 Å². The van der Waals surface area contributed by atoms with Crippen LogP contribution in [0.5, 0.6) is 0 Å². The number of hydrogen-bond donors (Lipinski definition) is 4. The van der Waals surface area contributed by atoms with Crippen LogP contribution in [-0.2, 0) is 19.2 Å². The van der Waals surface area contributed by atoms with Gasteiger partial charge < -0.3 is 20.4 Å². The molecule has 0 unspecified atom stereocenters. The highest BCUT2D eigenvalue weighted by Crippen LogP contribution is 2.36. The molecule has 0 aliphatic carbocycles. The smallest absolute Gasteiger partial charge is 0.327 e. The summed E-state index contributed by atoms with van der Waals surface area (Å²) in [5, 5.41) is 30.4. The van der Waals surface area contributed by atoms with Gasteiger partial charge in [0.25, 0.3) is 0 Å². The molecule has 8 nitrogen and oxygen atoms in total. The molecule has 162 valence electrons. The number of carboxylic acids is 4. The van der Waals surface area contributed by atoms with Crippen molar-refractivity contribution in [3.63, 3.8) is 0 Å². The second-order valence-electron chi connectivity index (χ2n) is 6.67. The topological polar surface area (TPSA) is 149 Å². The molecule has 0 aliphatic heterocycles. The van der Waals surface area contributed by atoms with E-state index in [1.807, 2.05) is 0 Å². The molecule has 0 amide bonds. The van der Waals surface area contributed by atoms with Gasteiger partial charge in [-0.05, 0) is 10.8 Å². The van der Waals surface area contributed by atoms with Crippen LogP contribution in [0.2, 0.25) is 0 Å². The number of carbonyl (C=O) groups is 4. The van der Waals surface area contributed by atoms with E-state index in [2.05, 4.69) is 67.9 Å². The van der Waals surface area contributed by atoms with Crippen molar-refractivity contribution in [1.29, 1.82) is 0 Å². The van der Waals surface area contributed by atoms with Crippen LogP contribution < -0.4 is 0 Å². The highest BCUT2D eigenvalue weighted by atomic mass is 16.4. The fraction of sp³-hybridized carbons (Fsp3) is 0.400. The van der Waals surface area contributed by atoms with E-state index in [1.54, 1.807) is 0 Å². The summed E-state index contributed by atoms with van der Waals surface area (Å²) in [4.78, 5) is 37.0. The summed E-state index contributed by atoms with van der Waals surface area (Å²) in [5.74, 6) is -3.93. The molecule has 0 saturated heterocycles. The molecule has 0 aromatic heterocycles. The third kappa shape index (κ3) is 56.9. The Bertz CT molecular complexity index is 433. The molecule has 0 aromatic carbocycles. The third-order valence-corrected chi connectivity index (χ3v) is 2.95. The van der Waals surface area contributed by atoms with E-state index in [1.165, 1.54) is 0 Å². The lowest BCUT2D eigenvalue weighted by atomic mass is 9.71. The summed E-state index contributed by atoms with van der Waals surface area (Å²) in [5.41, 5.74) is 0.875. The molecule has 0 fully saturated rings. The van der Waals surface area contributed by atoms with Crippen molar-refractivity contribution >= 4 is 23.9 Å². The van der Waals surface area contributed by atoms with E-state index in [-0.39, 0.29) is 0 Å². The molecule has 0 saturated carbocycles. The molecule has 0 atom stereocenters. The second kappa shape index (κ2) is 20.2. The molecular formula is C20H34O8. The van der Waals surface area contributed by atoms with Gasteiger partial charge in [-0.1, -0.05) is 67.9 Å². The van der Waals surface area contributed by atoms with Crippen LogP contribution in [-0.4, -0.2) is 44.3 Å². The van der Waals surface area contributed by atoms with Crippen molar-refractivity contribution in [2.24, 2.45) is 10.8 Å². The summed E-state index contributed by atoms with van der Waals surface area (Å²) >= 11 is 0. The fourth-order valence-electron chi connectivity index (χ4n) is 0. The Labute approximate surface area is 167 Å². The van der Waals surface area contributed by atoms with E-state index in [9.17, 15) is 19.2 Å². The van der Waals surface area contributed by atoms with Gasteiger partial charge in [-0.25, -0.2) is 19.2 Å². The van der Waals surface area contributed by atoms with Crippen LogP contribution in [0.1, 0.15) is 41.5 Å². The van der Waals surface area contributed by atoms with E-state index < -0.39 is 23.9 Å². The zero-order chi connectivity index (χ0) is 24.1. The minimum atomic E-state index is -0.981. The molecule has 0 aromatic rings. The van der Waals surface area contributed by atoms with Crippen LogP contribution in [0.25, 0.3) is 0 Å². The van der Waals surface area contributed by atoms with Crippen molar-refractivity contribution in [2.75, 3.05) is 0 Å². The first-order chi connectivity index (χ1) is 12.3. The molecule has 4 N–H and O–H groups in total. The Morgan fingerprint density at radius 2 is 0.571 bits per heavy atom. The van der Waals surface area contributed by atoms with Gasteiger partial charge in [0, 0.05) is 24.3 Å². The summed E-state index contributed by atoms with van der Waals surface area (Å²) < 4.78 is 0. The average Bonchev–Trinajstić information content (AvgIpc) is 2.54. The van der Waals surface area contributed by atoms with Crippen LogP contribution >= 0.6 is 0 Å². The molecular weight excluding hydrogens is 368 g/mol. The van der Waals surface area contributed by atoms with Crippen LogP contribution in [0.4, 0.5) is 0 Å². The minimum Gasteiger partial charge on any atom is -0.478 e. The number of hydrogen-bond acceptors (Lipinski definition) is 4. The third-order valence-electron chi connectivity index (χ3n) is 2.95. The lowest BCUT2D eigenvalue weighted by Gasteiger charge is -2.34. The van der Waals surface area contributed by atoms with Gasteiger partial charge in [0.05, 0.1) is 0 Å². The van der Waals surface area contributed by atoms with Crippen LogP contribution in [0.15, 0.2) is 50.6 Å². The molecule has 0 spiro atoms. The van der Waals surface area contributed by atoms with Crippen molar-refractivity contribution in [1.82, 2.24) is 0 Å². The summed E-state index contributed by atoms with van der Waals surface area (Å²) in [6, 6.07) is 0. The first-order valence-electron chi connectivity index (χ1n) is 7.75. The van der Waals surface area contributed by atoms with Gasteiger partial charge in [-0.2, -0.15) is 0 Å². The quantitative estimate of drug-likeness (QED) is 0.513. The Morgan fingerprint density at radius 3 is 0.571 bits per heavy atom. The lowest BCUT2D eigenvalue weighted by molar-refractivity contribution is -0.132. The standard InChI is InChI=1S/C8H18.4C3H4O2/c1-7(2,3)8(4,5)6;4*1-2-3(4)5/h1-6H3;4*2H,1H2,(H,4,5). The van der Waals surface area contributed by atoms with Gasteiger partial charge in [0.15, 0.2) is 0 Å². The van der Waals surface area contributed by atoms with E-state index in [4.69, 9.17) is 20.4 Å². The summed E-state index contributed by atoms with van der Waals surface area (Å²) in [6.07, 6.45) is 3.33. The van der Waals surface area contributed by atoms with E-state index in [0.717, 1.165) is 24.3 Å². The van der Waals surface area contributed by atoms with Gasteiger partial charge in [-0.3, -0.25) is 0 Å². The lowest BCUT2D eigenvalue weighted by Crippen LogP contribution is -2.25. The highest BCUT2D eigenvalue weighted by Gasteiger charge is 2.26. The largest absolute Gasteiger partial charge is 0.478 e. The minimum absolute atomic E-state index is 0.437. The maximum atomic E-state index is 9.25. The summed E-state index contributed by atoms with van der Waals surface area (Å²) in [7, 11) is 0. The molecule has 0 aliphatic rings. The van der Waals surface area contributed by atoms with Gasteiger partial charge in [-0.15, -0.1) is 0 Å². The first kappa shape index (κ1) is 35.9. The zero-order valence-corrected chi connectivity index (χ0v) is 17.6. The first-order valence-corrected chi connectivity index (χ1v) is 7.75. The van der Waals surface area contributed by atoms with Crippen molar-refractivity contribution in [3.05, 3.63) is 50.6 Å². The molecule has 28 heavy (non-hydrogen) atoms. The van der Waals surface area contributed by atoms with Crippen molar-refractivity contribution < 1.29 is 39.6 Å². The molecule has 0 radical (unpaired) electrons. The number of aliphatic carboxylic acids is 4. The van der Waals surface area contributed by atoms with E-state index in [0.29, 0.717) is 10.8 Å². The molecule has 0 heterocycles. The van der Waals surface area contributed by atoms with Crippen LogP contribution in [0, 0.1) is 10.8 Å². The Balaban J connectivity index is -0.0000000802. The van der Waals surface area contributed by atoms with Crippen molar-refractivity contribution in [2.45, 2.75) is 41.5 Å². The van der Waals surface area contributed by atoms with E-state index >= 15 is 0 Å². The molecule has 0 bridgehead atoms. The molecule has 0 rings (SSSR count). The van der Waals surface area contributed by atoms with Gasteiger partial charge in [0.1, 0.15) is 0 Å². The summed E-state index contributed by atoms with van der Waals surface area (Å²) in [6.45, 7) is 25.5. The van der Waals surface area contributed by atoms with Gasteiger partial charge >= 0.3 is 23.9 Å². The Hall–Kier alpha value is -3.16. The zero-order valence-electron chi connectivity index (χ0n) is 17.6. The predicted molar refractivity (Wildman–Crippen MR) is 110 cm³/mol. The number of carboxylic acid groups (broad SMARTS) is 4. The Morgan fingerprint density at radius 1 is 0.500 bits per heavy atom.